The molecular weight excluding hydrogens is 316 g/mol. The van der Waals surface area contributed by atoms with E-state index in [1.165, 1.54) is 0 Å². The Bertz CT molecular complexity index is 774. The predicted molar refractivity (Wildman–Crippen MR) is 95.9 cm³/mol. The maximum absolute atomic E-state index is 12.0. The smallest absolute Gasteiger partial charge is 0.338 e. The highest BCUT2D eigenvalue weighted by Crippen LogP contribution is 2.17. The van der Waals surface area contributed by atoms with Crippen molar-refractivity contribution in [1.29, 1.82) is 0 Å². The normalized spacial score (nSPS) is 14.8. The molecule has 3 rings (SSSR count). The summed E-state index contributed by atoms with van der Waals surface area (Å²) in [6.45, 7) is 4.58. The van der Waals surface area contributed by atoms with Crippen molar-refractivity contribution in [3.8, 4) is 0 Å². The first kappa shape index (κ1) is 17.1. The van der Waals surface area contributed by atoms with Crippen LogP contribution in [0, 0.1) is 6.92 Å². The van der Waals surface area contributed by atoms with Crippen molar-refractivity contribution in [2.75, 3.05) is 25.4 Å². The Labute approximate surface area is 147 Å². The number of carbonyl (C=O) groups excluding carboxylic acids is 1. The zero-order valence-electron chi connectivity index (χ0n) is 14.3. The maximum Gasteiger partial charge on any atom is 0.338 e. The molecule has 0 amide bonds. The molecule has 6 heteroatoms. The van der Waals surface area contributed by atoms with Gasteiger partial charge in [-0.15, -0.1) is 0 Å². The number of hydrogen-bond acceptors (Lipinski definition) is 6. The van der Waals surface area contributed by atoms with Gasteiger partial charge in [-0.1, -0.05) is 24.3 Å². The van der Waals surface area contributed by atoms with E-state index in [-0.39, 0.29) is 5.97 Å². The molecule has 0 unspecified atom stereocenters. The number of nitrogens with two attached hydrogens (primary N) is 1. The van der Waals surface area contributed by atoms with Crippen LogP contribution in [0.3, 0.4) is 0 Å². The molecule has 0 saturated heterocycles. The number of ether oxygens (including phenoxy) is 1. The second kappa shape index (κ2) is 7.90. The zero-order chi connectivity index (χ0) is 17.6. The number of anilines is 1. The van der Waals surface area contributed by atoms with Gasteiger partial charge < -0.3 is 10.5 Å². The second-order valence-electron chi connectivity index (χ2n) is 6.12. The van der Waals surface area contributed by atoms with Crippen LogP contribution in [-0.4, -0.2) is 40.5 Å². The maximum atomic E-state index is 12.0. The van der Waals surface area contributed by atoms with Crippen molar-refractivity contribution in [2.45, 2.75) is 19.9 Å². The van der Waals surface area contributed by atoms with Gasteiger partial charge in [-0.3, -0.25) is 4.90 Å². The highest BCUT2D eigenvalue weighted by Gasteiger charge is 2.15. The molecule has 130 valence electrons. The highest BCUT2D eigenvalue weighted by molar-refractivity contribution is 5.89. The van der Waals surface area contributed by atoms with E-state index < -0.39 is 0 Å². The van der Waals surface area contributed by atoms with Gasteiger partial charge in [0.2, 0.25) is 0 Å². The molecule has 1 aliphatic rings. The molecule has 1 aliphatic heterocycles. The summed E-state index contributed by atoms with van der Waals surface area (Å²) >= 11 is 0. The third-order valence-electron chi connectivity index (χ3n) is 4.20. The van der Waals surface area contributed by atoms with Gasteiger partial charge in [-0.25, -0.2) is 14.8 Å². The van der Waals surface area contributed by atoms with Crippen LogP contribution in [0.4, 0.5) is 5.82 Å². The standard InChI is InChI=1S/C19H22N4O2/c1-14-21-11-17(18(20)22-14)12-23-9-7-15(8-10-23)13-25-19(24)16-5-3-2-4-6-16/h2-7,11H,8-10,12-13H2,1H3,(H2,20,21,22). The summed E-state index contributed by atoms with van der Waals surface area (Å²) in [6.07, 6.45) is 4.78. The van der Waals surface area contributed by atoms with Crippen molar-refractivity contribution in [1.82, 2.24) is 14.9 Å². The third kappa shape index (κ3) is 4.64. The molecule has 0 atom stereocenters. The first-order valence-corrected chi connectivity index (χ1v) is 8.32. The van der Waals surface area contributed by atoms with Gasteiger partial charge in [-0.2, -0.15) is 0 Å². The average molecular weight is 338 g/mol. The summed E-state index contributed by atoms with van der Waals surface area (Å²) in [4.78, 5) is 22.6. The van der Waals surface area contributed by atoms with Crippen LogP contribution in [0.1, 0.15) is 28.2 Å². The minimum Gasteiger partial charge on any atom is -0.458 e. The molecule has 2 heterocycles. The van der Waals surface area contributed by atoms with Crippen molar-refractivity contribution in [3.05, 3.63) is 65.1 Å². The Kier molecular flexibility index (Phi) is 5.40. The van der Waals surface area contributed by atoms with Crippen molar-refractivity contribution < 1.29 is 9.53 Å². The monoisotopic (exact) mass is 338 g/mol. The lowest BCUT2D eigenvalue weighted by atomic mass is 10.1. The fourth-order valence-electron chi connectivity index (χ4n) is 2.72. The first-order chi connectivity index (χ1) is 12.1. The Morgan fingerprint density at radius 2 is 2.12 bits per heavy atom. The lowest BCUT2D eigenvalue weighted by Crippen LogP contribution is -2.29. The Balaban J connectivity index is 1.50. The highest BCUT2D eigenvalue weighted by atomic mass is 16.5. The van der Waals surface area contributed by atoms with Crippen LogP contribution >= 0.6 is 0 Å². The number of carbonyl (C=O) groups is 1. The molecular formula is C19H22N4O2. The Morgan fingerprint density at radius 1 is 1.32 bits per heavy atom. The fraction of sp³-hybridized carbons (Fsp3) is 0.316. The van der Waals surface area contributed by atoms with Crippen LogP contribution < -0.4 is 5.73 Å². The molecule has 0 aliphatic carbocycles. The summed E-state index contributed by atoms with van der Waals surface area (Å²) < 4.78 is 5.39. The lowest BCUT2D eigenvalue weighted by Gasteiger charge is -2.26. The summed E-state index contributed by atoms with van der Waals surface area (Å²) in [7, 11) is 0. The summed E-state index contributed by atoms with van der Waals surface area (Å²) in [6, 6.07) is 9.05. The van der Waals surface area contributed by atoms with E-state index in [9.17, 15) is 4.79 Å². The van der Waals surface area contributed by atoms with Crippen LogP contribution in [-0.2, 0) is 11.3 Å². The number of benzene rings is 1. The molecule has 0 bridgehead atoms. The van der Waals surface area contributed by atoms with E-state index in [2.05, 4.69) is 20.9 Å². The van der Waals surface area contributed by atoms with Crippen LogP contribution in [0.5, 0.6) is 0 Å². The molecule has 0 spiro atoms. The molecule has 2 N–H and O–H groups in total. The summed E-state index contributed by atoms with van der Waals surface area (Å²) in [5, 5.41) is 0. The molecule has 0 saturated carbocycles. The molecule has 6 nitrogen and oxygen atoms in total. The number of nitrogens with zero attached hydrogens (tertiary/aromatic N) is 3. The van der Waals surface area contributed by atoms with Gasteiger partial charge in [0.05, 0.1) is 5.56 Å². The van der Waals surface area contributed by atoms with Crippen molar-refractivity contribution in [3.63, 3.8) is 0 Å². The third-order valence-corrected chi connectivity index (χ3v) is 4.20. The number of aryl methyl sites for hydroxylation is 1. The number of esters is 1. The van der Waals surface area contributed by atoms with E-state index in [0.29, 0.717) is 23.8 Å². The number of hydrogen-bond donors (Lipinski definition) is 1. The van der Waals surface area contributed by atoms with Gasteiger partial charge in [0.25, 0.3) is 0 Å². The zero-order valence-corrected chi connectivity index (χ0v) is 14.3. The van der Waals surface area contributed by atoms with E-state index in [4.69, 9.17) is 10.5 Å². The van der Waals surface area contributed by atoms with E-state index in [0.717, 1.165) is 37.2 Å². The number of rotatable bonds is 5. The van der Waals surface area contributed by atoms with Crippen LogP contribution in [0.15, 0.2) is 48.2 Å². The first-order valence-electron chi connectivity index (χ1n) is 8.32. The fourth-order valence-corrected chi connectivity index (χ4v) is 2.72. The molecule has 2 aromatic rings. The molecule has 0 radical (unpaired) electrons. The number of nitrogen functional groups attached to an aromatic ring is 1. The minimum atomic E-state index is -0.284. The lowest BCUT2D eigenvalue weighted by molar-refractivity contribution is 0.0533. The molecule has 0 fully saturated rings. The Hall–Kier alpha value is -2.73. The van der Waals surface area contributed by atoms with Crippen LogP contribution in [0.25, 0.3) is 0 Å². The van der Waals surface area contributed by atoms with Gasteiger partial charge >= 0.3 is 5.97 Å². The Morgan fingerprint density at radius 3 is 2.80 bits per heavy atom. The van der Waals surface area contributed by atoms with Gasteiger partial charge in [0.1, 0.15) is 18.2 Å². The van der Waals surface area contributed by atoms with Gasteiger partial charge in [-0.05, 0) is 31.1 Å². The molecule has 25 heavy (non-hydrogen) atoms. The predicted octanol–water partition coefficient (Wildman–Crippen LogP) is 2.36. The van der Waals surface area contributed by atoms with Gasteiger partial charge in [0.15, 0.2) is 0 Å². The van der Waals surface area contributed by atoms with E-state index in [1.807, 2.05) is 25.1 Å². The quantitative estimate of drug-likeness (QED) is 0.666. The molecule has 1 aromatic carbocycles. The minimum absolute atomic E-state index is 0.284. The average Bonchev–Trinajstić information content (AvgIpc) is 2.64. The SMILES string of the molecule is Cc1ncc(CN2CC=C(COC(=O)c3ccccc3)CC2)c(N)n1. The van der Waals surface area contributed by atoms with Crippen molar-refractivity contribution in [2.24, 2.45) is 0 Å². The van der Waals surface area contributed by atoms with E-state index in [1.54, 1.807) is 18.3 Å². The van der Waals surface area contributed by atoms with Crippen LogP contribution in [0.2, 0.25) is 0 Å². The molecule has 1 aromatic heterocycles. The number of aromatic nitrogens is 2. The second-order valence-corrected chi connectivity index (χ2v) is 6.12. The van der Waals surface area contributed by atoms with Gasteiger partial charge in [0, 0.05) is 31.4 Å². The van der Waals surface area contributed by atoms with E-state index >= 15 is 0 Å². The van der Waals surface area contributed by atoms with Crippen molar-refractivity contribution >= 4 is 11.8 Å². The summed E-state index contributed by atoms with van der Waals surface area (Å²) in [5.74, 6) is 0.940. The summed E-state index contributed by atoms with van der Waals surface area (Å²) in [5.41, 5.74) is 8.62. The topological polar surface area (TPSA) is 81.3 Å². The largest absolute Gasteiger partial charge is 0.458 e.